The molecule has 5 heteroatoms. The average molecular weight is 268 g/mol. The lowest BCUT2D eigenvalue weighted by Gasteiger charge is -2.25. The van der Waals surface area contributed by atoms with E-state index in [-0.39, 0.29) is 0 Å². The lowest BCUT2D eigenvalue weighted by Crippen LogP contribution is -2.35. The highest BCUT2D eigenvalue weighted by Gasteiger charge is 2.20. The van der Waals surface area contributed by atoms with Gasteiger partial charge in [-0.05, 0) is 31.5 Å². The summed E-state index contributed by atoms with van der Waals surface area (Å²) in [6.07, 6.45) is 3.62. The van der Waals surface area contributed by atoms with Gasteiger partial charge in [0.05, 0.1) is 10.6 Å². The molecule has 0 saturated carbocycles. The van der Waals surface area contributed by atoms with Gasteiger partial charge in [-0.15, -0.1) is 0 Å². The predicted octanol–water partition coefficient (Wildman–Crippen LogP) is 1.28. The molecule has 1 unspecified atom stereocenters. The molecular weight excluding hydrogens is 248 g/mol. The van der Waals surface area contributed by atoms with E-state index in [1.807, 2.05) is 24.1 Å². The fraction of sp³-hybridized carbons (Fsp3) is 0.538. The monoisotopic (exact) mass is 268 g/mol. The molecule has 4 nitrogen and oxygen atoms in total. The topological polar surface area (TPSA) is 49.4 Å². The lowest BCUT2D eigenvalue weighted by molar-refractivity contribution is 0.592. The zero-order chi connectivity index (χ0) is 13.2. The summed E-state index contributed by atoms with van der Waals surface area (Å²) in [5.41, 5.74) is 0.786. The number of sulfone groups is 1. The van der Waals surface area contributed by atoms with Crippen molar-refractivity contribution in [3.8, 4) is 0 Å². The SMILES string of the molecule is CN(CC1CCCN1)c1ccccc1S(C)(=O)=O. The van der Waals surface area contributed by atoms with Crippen molar-refractivity contribution >= 4 is 15.5 Å². The van der Waals surface area contributed by atoms with E-state index >= 15 is 0 Å². The fourth-order valence-corrected chi connectivity index (χ4v) is 3.36. The molecule has 1 N–H and O–H groups in total. The van der Waals surface area contributed by atoms with Crippen molar-refractivity contribution in [1.29, 1.82) is 0 Å². The zero-order valence-corrected chi connectivity index (χ0v) is 11.7. The van der Waals surface area contributed by atoms with Crippen molar-refractivity contribution in [3.05, 3.63) is 24.3 Å². The molecule has 18 heavy (non-hydrogen) atoms. The van der Waals surface area contributed by atoms with Gasteiger partial charge in [-0.1, -0.05) is 12.1 Å². The number of likely N-dealkylation sites (N-methyl/N-ethyl adjacent to an activating group) is 1. The molecule has 0 bridgehead atoms. The van der Waals surface area contributed by atoms with Gasteiger partial charge in [-0.25, -0.2) is 8.42 Å². The van der Waals surface area contributed by atoms with E-state index in [2.05, 4.69) is 5.32 Å². The standard InChI is InChI=1S/C13H20N2O2S/c1-15(10-11-6-5-9-14-11)12-7-3-4-8-13(12)18(2,16)17/h3-4,7-8,11,14H,5-6,9-10H2,1-2H3. The second-order valence-corrected chi connectivity index (χ2v) is 6.90. The Morgan fingerprint density at radius 2 is 2.11 bits per heavy atom. The van der Waals surface area contributed by atoms with Gasteiger partial charge in [0, 0.05) is 25.9 Å². The molecule has 1 aromatic rings. The molecule has 1 aliphatic heterocycles. The minimum atomic E-state index is -3.17. The Bertz CT molecular complexity index is 507. The first-order chi connectivity index (χ1) is 8.48. The second kappa shape index (κ2) is 5.28. The number of benzene rings is 1. The number of anilines is 1. The molecule has 0 radical (unpaired) electrons. The molecule has 2 rings (SSSR count). The van der Waals surface area contributed by atoms with Crippen LogP contribution in [0.15, 0.2) is 29.2 Å². The van der Waals surface area contributed by atoms with Crippen LogP contribution in [0.2, 0.25) is 0 Å². The molecule has 1 atom stereocenters. The average Bonchev–Trinajstić information content (AvgIpc) is 2.80. The largest absolute Gasteiger partial charge is 0.372 e. The maximum Gasteiger partial charge on any atom is 0.177 e. The number of hydrogen-bond donors (Lipinski definition) is 1. The number of nitrogens with zero attached hydrogens (tertiary/aromatic N) is 1. The van der Waals surface area contributed by atoms with Gasteiger partial charge in [0.1, 0.15) is 0 Å². The van der Waals surface area contributed by atoms with Crippen molar-refractivity contribution in [2.75, 3.05) is 31.3 Å². The van der Waals surface area contributed by atoms with Crippen molar-refractivity contribution < 1.29 is 8.42 Å². The summed E-state index contributed by atoms with van der Waals surface area (Å²) in [6.45, 7) is 1.90. The first kappa shape index (κ1) is 13.4. The van der Waals surface area contributed by atoms with Gasteiger partial charge in [-0.3, -0.25) is 0 Å². The third kappa shape index (κ3) is 3.03. The fourth-order valence-electron chi connectivity index (χ4n) is 2.43. The molecule has 1 aromatic carbocycles. The molecule has 0 spiro atoms. The van der Waals surface area contributed by atoms with Crippen molar-refractivity contribution in [3.63, 3.8) is 0 Å². The summed E-state index contributed by atoms with van der Waals surface area (Å²) >= 11 is 0. The Labute approximate surface area is 109 Å². The van der Waals surface area contributed by atoms with Gasteiger partial charge in [0.2, 0.25) is 0 Å². The first-order valence-electron chi connectivity index (χ1n) is 6.22. The van der Waals surface area contributed by atoms with Crippen molar-refractivity contribution in [2.24, 2.45) is 0 Å². The Kier molecular flexibility index (Phi) is 3.92. The van der Waals surface area contributed by atoms with Crippen LogP contribution < -0.4 is 10.2 Å². The number of rotatable bonds is 4. The molecule has 0 aromatic heterocycles. The van der Waals surface area contributed by atoms with Crippen molar-refractivity contribution in [1.82, 2.24) is 5.32 Å². The summed E-state index contributed by atoms with van der Waals surface area (Å²) < 4.78 is 23.5. The molecule has 0 aliphatic carbocycles. The van der Waals surface area contributed by atoms with Crippen LogP contribution in [0.25, 0.3) is 0 Å². The van der Waals surface area contributed by atoms with E-state index in [1.54, 1.807) is 12.1 Å². The van der Waals surface area contributed by atoms with E-state index < -0.39 is 9.84 Å². The Morgan fingerprint density at radius 1 is 1.39 bits per heavy atom. The Balaban J connectivity index is 2.21. The van der Waals surface area contributed by atoms with Crippen LogP contribution in [0.3, 0.4) is 0 Å². The van der Waals surface area contributed by atoms with Gasteiger partial charge in [-0.2, -0.15) is 0 Å². The summed E-state index contributed by atoms with van der Waals surface area (Å²) in [5, 5.41) is 3.42. The first-order valence-corrected chi connectivity index (χ1v) is 8.11. The molecule has 1 fully saturated rings. The highest BCUT2D eigenvalue weighted by molar-refractivity contribution is 7.90. The van der Waals surface area contributed by atoms with Gasteiger partial charge in [0.25, 0.3) is 0 Å². The normalized spacial score (nSPS) is 20.0. The third-order valence-corrected chi connectivity index (χ3v) is 4.48. The smallest absolute Gasteiger partial charge is 0.177 e. The maximum absolute atomic E-state index is 11.8. The van der Waals surface area contributed by atoms with E-state index in [9.17, 15) is 8.42 Å². The Hall–Kier alpha value is -1.07. The van der Waals surface area contributed by atoms with Gasteiger partial charge >= 0.3 is 0 Å². The van der Waals surface area contributed by atoms with Crippen molar-refractivity contribution in [2.45, 2.75) is 23.8 Å². The molecule has 1 heterocycles. The van der Waals surface area contributed by atoms with Crippen LogP contribution >= 0.6 is 0 Å². The van der Waals surface area contributed by atoms with E-state index in [1.165, 1.54) is 12.7 Å². The summed E-state index contributed by atoms with van der Waals surface area (Å²) in [7, 11) is -1.23. The predicted molar refractivity (Wildman–Crippen MR) is 73.8 cm³/mol. The number of para-hydroxylation sites is 1. The van der Waals surface area contributed by atoms with E-state index in [0.29, 0.717) is 10.9 Å². The minimum absolute atomic E-state index is 0.408. The highest BCUT2D eigenvalue weighted by Crippen LogP contribution is 2.24. The molecular formula is C13H20N2O2S. The van der Waals surface area contributed by atoms with E-state index in [4.69, 9.17) is 0 Å². The summed E-state index contributed by atoms with van der Waals surface area (Å²) in [6, 6.07) is 7.64. The molecule has 0 amide bonds. The van der Waals surface area contributed by atoms with Gasteiger partial charge < -0.3 is 10.2 Å². The number of hydrogen-bond acceptors (Lipinski definition) is 4. The summed E-state index contributed by atoms with van der Waals surface area (Å²) in [5.74, 6) is 0. The maximum atomic E-state index is 11.8. The molecule has 100 valence electrons. The molecule has 1 saturated heterocycles. The number of nitrogens with one attached hydrogen (secondary N) is 1. The minimum Gasteiger partial charge on any atom is -0.372 e. The van der Waals surface area contributed by atoms with E-state index in [0.717, 1.165) is 25.2 Å². The van der Waals surface area contributed by atoms with Crippen LogP contribution in [-0.4, -0.2) is 40.9 Å². The van der Waals surface area contributed by atoms with Crippen LogP contribution in [0.5, 0.6) is 0 Å². The Morgan fingerprint density at radius 3 is 2.72 bits per heavy atom. The van der Waals surface area contributed by atoms with Crippen LogP contribution in [-0.2, 0) is 9.84 Å². The van der Waals surface area contributed by atoms with Gasteiger partial charge in [0.15, 0.2) is 9.84 Å². The second-order valence-electron chi connectivity index (χ2n) is 4.91. The zero-order valence-electron chi connectivity index (χ0n) is 10.9. The van der Waals surface area contributed by atoms with Crippen LogP contribution in [0.4, 0.5) is 5.69 Å². The van der Waals surface area contributed by atoms with Crippen LogP contribution in [0, 0.1) is 0 Å². The highest BCUT2D eigenvalue weighted by atomic mass is 32.2. The summed E-state index contributed by atoms with van der Waals surface area (Å²) in [4.78, 5) is 2.44. The quantitative estimate of drug-likeness (QED) is 0.893. The lowest BCUT2D eigenvalue weighted by atomic mass is 10.2. The molecule has 1 aliphatic rings. The van der Waals surface area contributed by atoms with Crippen LogP contribution in [0.1, 0.15) is 12.8 Å². The third-order valence-electron chi connectivity index (χ3n) is 3.33.